The van der Waals surface area contributed by atoms with Crippen LogP contribution >= 0.6 is 0 Å². The number of hydrogen-bond donors (Lipinski definition) is 3. The van der Waals surface area contributed by atoms with E-state index in [4.69, 9.17) is 4.74 Å². The molecule has 6 rings (SSSR count). The van der Waals surface area contributed by atoms with Gasteiger partial charge >= 0.3 is 6.03 Å². The van der Waals surface area contributed by atoms with E-state index in [9.17, 15) is 14.4 Å². The third-order valence-corrected chi connectivity index (χ3v) is 8.20. The smallest absolute Gasteiger partial charge is 0.323 e. The largest absolute Gasteiger partial charge is 0.497 e. The summed E-state index contributed by atoms with van der Waals surface area (Å²) in [6, 6.07) is 27.6. The predicted molar refractivity (Wildman–Crippen MR) is 168 cm³/mol. The van der Waals surface area contributed by atoms with Gasteiger partial charge in [0.2, 0.25) is 0 Å². The first-order chi connectivity index (χ1) is 21.0. The van der Waals surface area contributed by atoms with Gasteiger partial charge in [-0.3, -0.25) is 9.59 Å². The lowest BCUT2D eigenvalue weighted by molar-refractivity contribution is 0.0954. The van der Waals surface area contributed by atoms with Crippen molar-refractivity contribution in [3.05, 3.63) is 118 Å². The molecule has 3 amide bonds. The maximum atomic E-state index is 13.2. The molecule has 0 aliphatic carbocycles. The monoisotopic (exact) mass is 577 g/mol. The van der Waals surface area contributed by atoms with E-state index in [1.165, 1.54) is 0 Å². The lowest BCUT2D eigenvalue weighted by Gasteiger charge is -2.44. The molecule has 43 heavy (non-hydrogen) atoms. The summed E-state index contributed by atoms with van der Waals surface area (Å²) in [5.74, 6) is 0.918. The van der Waals surface area contributed by atoms with Gasteiger partial charge in [-0.25, -0.2) is 4.79 Å². The Morgan fingerprint density at radius 2 is 1.72 bits per heavy atom. The summed E-state index contributed by atoms with van der Waals surface area (Å²) in [5.41, 5.74) is 4.66. The molecule has 0 radical (unpaired) electrons. The molecule has 0 unspecified atom stereocenters. The van der Waals surface area contributed by atoms with Crippen LogP contribution < -0.4 is 31.1 Å². The second-order valence-electron chi connectivity index (χ2n) is 11.1. The van der Waals surface area contributed by atoms with Crippen LogP contribution in [0.3, 0.4) is 0 Å². The predicted octanol–water partition coefficient (Wildman–Crippen LogP) is 5.10. The molecule has 2 atom stereocenters. The number of hydrogen-bond acceptors (Lipinski definition) is 5. The highest BCUT2D eigenvalue weighted by Gasteiger charge is 2.35. The Bertz CT molecular complexity index is 1690. The summed E-state index contributed by atoms with van der Waals surface area (Å²) < 4.78 is 7.18. The highest BCUT2D eigenvalue weighted by Crippen LogP contribution is 2.39. The second kappa shape index (κ2) is 12.4. The van der Waals surface area contributed by atoms with E-state index in [0.717, 1.165) is 36.3 Å². The number of pyridine rings is 1. The lowest BCUT2D eigenvalue weighted by atomic mass is 9.83. The third-order valence-electron chi connectivity index (χ3n) is 8.20. The van der Waals surface area contributed by atoms with Gasteiger partial charge in [0.15, 0.2) is 0 Å². The SMILES string of the molecule is COc1cccc(NC(=O)Nc2cc(C(=O)NCCc3ccccc3)ccc2N2C[C@H]3C[C@@H](C2)c2cccc(=O)n2C3)c1. The first-order valence-corrected chi connectivity index (χ1v) is 14.6. The van der Waals surface area contributed by atoms with E-state index in [2.05, 4.69) is 20.9 Å². The Balaban J connectivity index is 1.24. The van der Waals surface area contributed by atoms with Gasteiger partial charge in [0.05, 0.1) is 18.5 Å². The molecular formula is C34H35N5O4. The van der Waals surface area contributed by atoms with Gasteiger partial charge in [-0.1, -0.05) is 42.5 Å². The molecule has 3 N–H and O–H groups in total. The second-order valence-corrected chi connectivity index (χ2v) is 11.1. The van der Waals surface area contributed by atoms with Crippen molar-refractivity contribution in [1.29, 1.82) is 0 Å². The number of aromatic nitrogens is 1. The van der Waals surface area contributed by atoms with Crippen LogP contribution in [0, 0.1) is 5.92 Å². The van der Waals surface area contributed by atoms with Crippen molar-refractivity contribution in [2.75, 3.05) is 42.3 Å². The van der Waals surface area contributed by atoms with E-state index in [1.807, 2.05) is 53.1 Å². The summed E-state index contributed by atoms with van der Waals surface area (Å²) >= 11 is 0. The fourth-order valence-corrected chi connectivity index (χ4v) is 6.20. The highest BCUT2D eigenvalue weighted by atomic mass is 16.5. The standard InChI is InChI=1S/C34H35N5O4/c1-43-28-10-5-9-27(19-28)36-34(42)37-29-18-25(33(41)35-16-15-23-7-3-2-4-8-23)13-14-31(29)38-20-24-17-26(22-38)30-11-6-12-32(40)39(30)21-24/h2-14,18-19,24,26H,15-17,20-22H2,1H3,(H,35,41)(H2,36,37,42)/t24-,26+/m1/s1. The van der Waals surface area contributed by atoms with Crippen molar-refractivity contribution < 1.29 is 14.3 Å². The van der Waals surface area contributed by atoms with Crippen LogP contribution in [0.4, 0.5) is 21.9 Å². The van der Waals surface area contributed by atoms with Crippen LogP contribution in [0.15, 0.2) is 95.8 Å². The number of amides is 3. The van der Waals surface area contributed by atoms with Crippen molar-refractivity contribution in [3.8, 4) is 5.75 Å². The molecule has 3 aromatic carbocycles. The molecule has 9 nitrogen and oxygen atoms in total. The van der Waals surface area contributed by atoms with E-state index in [1.54, 1.807) is 49.6 Å². The number of rotatable bonds is 8. The van der Waals surface area contributed by atoms with Gasteiger partial charge < -0.3 is 30.2 Å². The summed E-state index contributed by atoms with van der Waals surface area (Å²) in [5, 5.41) is 8.87. The van der Waals surface area contributed by atoms with Crippen LogP contribution in [-0.4, -0.2) is 43.2 Å². The Morgan fingerprint density at radius 3 is 2.56 bits per heavy atom. The number of fused-ring (bicyclic) bond motifs is 4. The summed E-state index contributed by atoms with van der Waals surface area (Å²) in [6.45, 7) is 2.61. The molecule has 1 fully saturated rings. The van der Waals surface area contributed by atoms with Crippen LogP contribution in [0.5, 0.6) is 5.75 Å². The maximum Gasteiger partial charge on any atom is 0.323 e. The fraction of sp³-hybridized carbons (Fsp3) is 0.265. The topological polar surface area (TPSA) is 105 Å². The molecule has 2 aliphatic heterocycles. The lowest BCUT2D eigenvalue weighted by Crippen LogP contribution is -2.47. The zero-order valence-corrected chi connectivity index (χ0v) is 24.1. The van der Waals surface area contributed by atoms with E-state index in [0.29, 0.717) is 48.2 Å². The number of piperidine rings is 1. The normalized spacial score (nSPS) is 17.0. The minimum absolute atomic E-state index is 0.0415. The number of benzene rings is 3. The number of methoxy groups -OCH3 is 1. The van der Waals surface area contributed by atoms with Crippen LogP contribution in [0.25, 0.3) is 0 Å². The third kappa shape index (κ3) is 6.40. The summed E-state index contributed by atoms with van der Waals surface area (Å²) in [7, 11) is 1.57. The Morgan fingerprint density at radius 1 is 0.884 bits per heavy atom. The van der Waals surface area contributed by atoms with Crippen molar-refractivity contribution in [3.63, 3.8) is 0 Å². The van der Waals surface area contributed by atoms with Crippen molar-refractivity contribution in [2.45, 2.75) is 25.3 Å². The molecular weight excluding hydrogens is 542 g/mol. The molecule has 0 saturated carbocycles. The van der Waals surface area contributed by atoms with Gasteiger partial charge in [0.1, 0.15) is 5.75 Å². The van der Waals surface area contributed by atoms with Crippen LogP contribution in [0.2, 0.25) is 0 Å². The molecule has 2 aliphatic rings. The molecule has 1 saturated heterocycles. The number of nitrogens with one attached hydrogen (secondary N) is 3. The molecule has 220 valence electrons. The van der Waals surface area contributed by atoms with Crippen LogP contribution in [-0.2, 0) is 13.0 Å². The molecule has 0 spiro atoms. The minimum atomic E-state index is -0.426. The number of anilines is 3. The number of carbonyl (C=O) groups is 2. The summed E-state index contributed by atoms with van der Waals surface area (Å²) in [6.07, 6.45) is 1.74. The average molecular weight is 578 g/mol. The van der Waals surface area contributed by atoms with Gasteiger partial charge in [-0.2, -0.15) is 0 Å². The number of urea groups is 1. The average Bonchev–Trinajstić information content (AvgIpc) is 3.02. The van der Waals surface area contributed by atoms with E-state index >= 15 is 0 Å². The maximum absolute atomic E-state index is 13.2. The Hall–Kier alpha value is -5.05. The molecule has 1 aromatic heterocycles. The molecule has 2 bridgehead atoms. The molecule has 3 heterocycles. The minimum Gasteiger partial charge on any atom is -0.497 e. The fourth-order valence-electron chi connectivity index (χ4n) is 6.20. The van der Waals surface area contributed by atoms with Gasteiger partial charge in [-0.05, 0) is 60.7 Å². The quantitative estimate of drug-likeness (QED) is 0.270. The first-order valence-electron chi connectivity index (χ1n) is 14.6. The van der Waals surface area contributed by atoms with Gasteiger partial charge in [0.25, 0.3) is 11.5 Å². The number of ether oxygens (including phenoxy) is 1. The molecule has 4 aromatic rings. The van der Waals surface area contributed by atoms with Crippen molar-refractivity contribution in [2.24, 2.45) is 5.92 Å². The Labute approximate surface area is 250 Å². The first kappa shape index (κ1) is 28.1. The van der Waals surface area contributed by atoms with Crippen molar-refractivity contribution >= 4 is 29.0 Å². The summed E-state index contributed by atoms with van der Waals surface area (Å²) in [4.78, 5) is 41.1. The van der Waals surface area contributed by atoms with E-state index < -0.39 is 6.03 Å². The van der Waals surface area contributed by atoms with Gasteiger partial charge in [-0.15, -0.1) is 0 Å². The van der Waals surface area contributed by atoms with Crippen molar-refractivity contribution in [1.82, 2.24) is 9.88 Å². The number of nitrogens with zero attached hydrogens (tertiary/aromatic N) is 2. The zero-order valence-electron chi connectivity index (χ0n) is 24.1. The highest BCUT2D eigenvalue weighted by molar-refractivity contribution is 6.04. The zero-order chi connectivity index (χ0) is 29.8. The Kier molecular flexibility index (Phi) is 8.13. The van der Waals surface area contributed by atoms with Crippen LogP contribution in [0.1, 0.15) is 34.0 Å². The number of carbonyl (C=O) groups excluding carboxylic acids is 2. The molecule has 9 heteroatoms. The van der Waals surface area contributed by atoms with Gasteiger partial charge in [0, 0.05) is 61.2 Å². The van der Waals surface area contributed by atoms with E-state index in [-0.39, 0.29) is 17.4 Å².